The predicted octanol–water partition coefficient (Wildman–Crippen LogP) is 2.20. The molecule has 2 aromatic rings. The van der Waals surface area contributed by atoms with Crippen LogP contribution in [-0.4, -0.2) is 15.0 Å². The molecule has 0 aliphatic heterocycles. The Morgan fingerprint density at radius 3 is 2.94 bits per heavy atom. The molecule has 0 radical (unpaired) electrons. The van der Waals surface area contributed by atoms with Gasteiger partial charge in [0.25, 0.3) is 0 Å². The summed E-state index contributed by atoms with van der Waals surface area (Å²) in [6, 6.07) is 3.63. The molecule has 2 heterocycles. The van der Waals surface area contributed by atoms with Crippen LogP contribution in [0.4, 0.5) is 5.82 Å². The largest absolute Gasteiger partial charge is 0.437 e. The van der Waals surface area contributed by atoms with Gasteiger partial charge in [-0.1, -0.05) is 13.3 Å². The van der Waals surface area contributed by atoms with Crippen LogP contribution in [0.25, 0.3) is 0 Å². The molecule has 0 unspecified atom stereocenters. The molecule has 0 aromatic carbocycles. The van der Waals surface area contributed by atoms with Crippen molar-refractivity contribution in [2.45, 2.75) is 19.8 Å². The fourth-order valence-corrected chi connectivity index (χ4v) is 1.50. The third kappa shape index (κ3) is 2.69. The topological polar surface area (TPSA) is 73.9 Å². The molecule has 0 aliphatic carbocycles. The maximum Gasteiger partial charge on any atom is 0.227 e. The number of pyridine rings is 1. The summed E-state index contributed by atoms with van der Waals surface area (Å²) in [5.74, 6) is 1.62. The van der Waals surface area contributed by atoms with Gasteiger partial charge >= 0.3 is 0 Å². The SMILES string of the molecule is CCCc1c(N)ncnc1Oc1cccnc1. The van der Waals surface area contributed by atoms with E-state index in [9.17, 15) is 0 Å². The van der Waals surface area contributed by atoms with E-state index in [1.54, 1.807) is 18.5 Å². The second kappa shape index (κ2) is 5.25. The zero-order chi connectivity index (χ0) is 12.1. The number of hydrogen-bond acceptors (Lipinski definition) is 5. The van der Waals surface area contributed by atoms with E-state index in [0.29, 0.717) is 17.4 Å². The average Bonchev–Trinajstić information content (AvgIpc) is 2.35. The summed E-state index contributed by atoms with van der Waals surface area (Å²) in [4.78, 5) is 12.1. The van der Waals surface area contributed by atoms with Crippen molar-refractivity contribution in [3.05, 3.63) is 36.4 Å². The highest BCUT2D eigenvalue weighted by Gasteiger charge is 2.10. The number of aromatic nitrogens is 3. The summed E-state index contributed by atoms with van der Waals surface area (Å²) in [6.45, 7) is 2.07. The number of nitrogens with zero attached hydrogens (tertiary/aromatic N) is 3. The average molecular weight is 230 g/mol. The van der Waals surface area contributed by atoms with Crippen LogP contribution >= 0.6 is 0 Å². The highest BCUT2D eigenvalue weighted by molar-refractivity contribution is 5.45. The van der Waals surface area contributed by atoms with E-state index < -0.39 is 0 Å². The summed E-state index contributed by atoms with van der Waals surface area (Å²) < 4.78 is 5.65. The Labute approximate surface area is 99.7 Å². The monoisotopic (exact) mass is 230 g/mol. The predicted molar refractivity (Wildman–Crippen MR) is 64.8 cm³/mol. The van der Waals surface area contributed by atoms with Crippen LogP contribution in [0.2, 0.25) is 0 Å². The molecule has 88 valence electrons. The van der Waals surface area contributed by atoms with Crippen molar-refractivity contribution < 1.29 is 4.74 Å². The Morgan fingerprint density at radius 2 is 2.24 bits per heavy atom. The van der Waals surface area contributed by atoms with Crippen LogP contribution in [-0.2, 0) is 6.42 Å². The fraction of sp³-hybridized carbons (Fsp3) is 0.250. The van der Waals surface area contributed by atoms with Gasteiger partial charge in [0.2, 0.25) is 5.88 Å². The fourth-order valence-electron chi connectivity index (χ4n) is 1.50. The van der Waals surface area contributed by atoms with Crippen LogP contribution in [0.15, 0.2) is 30.9 Å². The van der Waals surface area contributed by atoms with Gasteiger partial charge < -0.3 is 10.5 Å². The molecule has 0 aliphatic rings. The van der Waals surface area contributed by atoms with Crippen molar-refractivity contribution in [1.82, 2.24) is 15.0 Å². The van der Waals surface area contributed by atoms with Crippen molar-refractivity contribution in [3.8, 4) is 11.6 Å². The van der Waals surface area contributed by atoms with E-state index in [1.165, 1.54) is 6.33 Å². The first kappa shape index (κ1) is 11.3. The van der Waals surface area contributed by atoms with Gasteiger partial charge in [0.15, 0.2) is 0 Å². The number of ether oxygens (including phenoxy) is 1. The van der Waals surface area contributed by atoms with Crippen molar-refractivity contribution in [2.75, 3.05) is 5.73 Å². The Hall–Kier alpha value is -2.17. The van der Waals surface area contributed by atoms with Gasteiger partial charge in [0.05, 0.1) is 11.8 Å². The van der Waals surface area contributed by atoms with Gasteiger partial charge in [0, 0.05) is 6.20 Å². The number of nitrogens with two attached hydrogens (primary N) is 1. The van der Waals surface area contributed by atoms with Crippen LogP contribution < -0.4 is 10.5 Å². The molecule has 0 saturated heterocycles. The summed E-state index contributed by atoms with van der Waals surface area (Å²) in [5.41, 5.74) is 6.66. The molecular formula is C12H14N4O. The minimum absolute atomic E-state index is 0.473. The summed E-state index contributed by atoms with van der Waals surface area (Å²) in [6.07, 6.45) is 6.48. The van der Waals surface area contributed by atoms with E-state index in [4.69, 9.17) is 10.5 Å². The molecule has 5 heteroatoms. The molecule has 0 saturated carbocycles. The molecule has 0 spiro atoms. The Bertz CT molecular complexity index is 487. The van der Waals surface area contributed by atoms with E-state index in [0.717, 1.165) is 18.4 Å². The molecule has 0 atom stereocenters. The first-order valence-corrected chi connectivity index (χ1v) is 5.48. The van der Waals surface area contributed by atoms with E-state index in [-0.39, 0.29) is 0 Å². The highest BCUT2D eigenvalue weighted by atomic mass is 16.5. The lowest BCUT2D eigenvalue weighted by Gasteiger charge is -2.10. The smallest absolute Gasteiger partial charge is 0.227 e. The summed E-state index contributed by atoms with van der Waals surface area (Å²) in [7, 11) is 0. The molecule has 2 aromatic heterocycles. The molecule has 17 heavy (non-hydrogen) atoms. The molecule has 2 rings (SSSR count). The molecule has 0 bridgehead atoms. The van der Waals surface area contributed by atoms with Gasteiger partial charge in [-0.3, -0.25) is 4.98 Å². The van der Waals surface area contributed by atoms with Gasteiger partial charge in [-0.25, -0.2) is 9.97 Å². The van der Waals surface area contributed by atoms with Crippen LogP contribution in [0.1, 0.15) is 18.9 Å². The molecule has 5 nitrogen and oxygen atoms in total. The zero-order valence-electron chi connectivity index (χ0n) is 9.63. The minimum Gasteiger partial charge on any atom is -0.437 e. The second-order valence-electron chi connectivity index (χ2n) is 3.58. The zero-order valence-corrected chi connectivity index (χ0v) is 9.63. The summed E-state index contributed by atoms with van der Waals surface area (Å²) >= 11 is 0. The molecule has 0 fully saturated rings. The number of nitrogen functional groups attached to an aromatic ring is 1. The van der Waals surface area contributed by atoms with Crippen LogP contribution in [0.5, 0.6) is 11.6 Å². The first-order valence-electron chi connectivity index (χ1n) is 5.48. The van der Waals surface area contributed by atoms with Crippen molar-refractivity contribution >= 4 is 5.82 Å². The number of rotatable bonds is 4. The lowest BCUT2D eigenvalue weighted by Crippen LogP contribution is -2.02. The maximum absolute atomic E-state index is 5.81. The molecule has 0 amide bonds. The van der Waals surface area contributed by atoms with Crippen molar-refractivity contribution in [1.29, 1.82) is 0 Å². The van der Waals surface area contributed by atoms with Crippen LogP contribution in [0.3, 0.4) is 0 Å². The van der Waals surface area contributed by atoms with Gasteiger partial charge in [-0.2, -0.15) is 0 Å². The standard InChI is InChI=1S/C12H14N4O/c1-2-4-10-11(13)15-8-16-12(10)17-9-5-3-6-14-7-9/h3,5-8H,2,4H2,1H3,(H2,13,15,16). The van der Waals surface area contributed by atoms with E-state index in [1.807, 2.05) is 6.07 Å². The first-order chi connectivity index (χ1) is 8.31. The number of hydrogen-bond donors (Lipinski definition) is 1. The lowest BCUT2D eigenvalue weighted by atomic mass is 10.2. The third-order valence-electron chi connectivity index (χ3n) is 2.29. The third-order valence-corrected chi connectivity index (χ3v) is 2.29. The molecule has 2 N–H and O–H groups in total. The second-order valence-corrected chi connectivity index (χ2v) is 3.58. The quantitative estimate of drug-likeness (QED) is 0.871. The Morgan fingerprint density at radius 1 is 1.35 bits per heavy atom. The van der Waals surface area contributed by atoms with Crippen molar-refractivity contribution in [3.63, 3.8) is 0 Å². The van der Waals surface area contributed by atoms with Crippen molar-refractivity contribution in [2.24, 2.45) is 0 Å². The summed E-state index contributed by atoms with van der Waals surface area (Å²) in [5, 5.41) is 0. The van der Waals surface area contributed by atoms with Gasteiger partial charge in [-0.15, -0.1) is 0 Å². The van der Waals surface area contributed by atoms with E-state index >= 15 is 0 Å². The van der Waals surface area contributed by atoms with E-state index in [2.05, 4.69) is 21.9 Å². The maximum atomic E-state index is 5.81. The minimum atomic E-state index is 0.473. The lowest BCUT2D eigenvalue weighted by molar-refractivity contribution is 0.452. The normalized spacial score (nSPS) is 10.2. The van der Waals surface area contributed by atoms with Gasteiger partial charge in [-0.05, 0) is 18.6 Å². The Kier molecular flexibility index (Phi) is 3.49. The molecular weight excluding hydrogens is 216 g/mol. The number of anilines is 1. The highest BCUT2D eigenvalue weighted by Crippen LogP contribution is 2.25. The van der Waals surface area contributed by atoms with Gasteiger partial charge in [0.1, 0.15) is 17.9 Å². The Balaban J connectivity index is 2.29. The van der Waals surface area contributed by atoms with Crippen LogP contribution in [0, 0.1) is 0 Å².